The standard InChI is InChI=1S/C24H34O4S/c1-17-10-12-19(13-11-17)29(26,27)28-14-8-9-18-15-20(23(2,3)4)22(25)21(16-18)24(5,6)7/h10-13,15-16,25H,8-9,14H2,1-7H3. The van der Waals surface area contributed by atoms with E-state index in [2.05, 4.69) is 41.5 Å². The van der Waals surface area contributed by atoms with Crippen LogP contribution >= 0.6 is 0 Å². The fraction of sp³-hybridized carbons (Fsp3) is 0.500. The van der Waals surface area contributed by atoms with Gasteiger partial charge in [0, 0.05) is 0 Å². The molecule has 0 aliphatic heterocycles. The number of phenolic OH excluding ortho intramolecular Hbond substituents is 1. The van der Waals surface area contributed by atoms with Crippen LogP contribution in [0.25, 0.3) is 0 Å². The maximum Gasteiger partial charge on any atom is 0.296 e. The quantitative estimate of drug-likeness (QED) is 0.487. The molecule has 2 rings (SSSR count). The van der Waals surface area contributed by atoms with E-state index in [-0.39, 0.29) is 22.3 Å². The van der Waals surface area contributed by atoms with Gasteiger partial charge in [-0.05, 0) is 59.4 Å². The van der Waals surface area contributed by atoms with E-state index < -0.39 is 10.1 Å². The Balaban J connectivity index is 2.13. The van der Waals surface area contributed by atoms with Gasteiger partial charge in [-0.1, -0.05) is 71.4 Å². The summed E-state index contributed by atoms with van der Waals surface area (Å²) in [6.45, 7) is 14.5. The Morgan fingerprint density at radius 1 is 0.897 bits per heavy atom. The molecule has 0 spiro atoms. The van der Waals surface area contributed by atoms with Crippen molar-refractivity contribution < 1.29 is 17.7 Å². The minimum atomic E-state index is -3.74. The Labute approximate surface area is 176 Å². The zero-order valence-corrected chi connectivity index (χ0v) is 19.5. The van der Waals surface area contributed by atoms with Crippen molar-refractivity contribution in [2.75, 3.05) is 6.61 Å². The van der Waals surface area contributed by atoms with E-state index in [1.165, 1.54) is 0 Å². The molecule has 4 nitrogen and oxygen atoms in total. The summed E-state index contributed by atoms with van der Waals surface area (Å²) in [7, 11) is -3.74. The summed E-state index contributed by atoms with van der Waals surface area (Å²) >= 11 is 0. The van der Waals surface area contributed by atoms with Gasteiger partial charge in [-0.2, -0.15) is 8.42 Å². The Hall–Kier alpha value is -1.85. The van der Waals surface area contributed by atoms with Gasteiger partial charge in [0.25, 0.3) is 10.1 Å². The van der Waals surface area contributed by atoms with Gasteiger partial charge in [-0.15, -0.1) is 0 Å². The van der Waals surface area contributed by atoms with Crippen molar-refractivity contribution in [3.8, 4) is 5.75 Å². The number of hydrogen-bond acceptors (Lipinski definition) is 4. The highest BCUT2D eigenvalue weighted by atomic mass is 32.2. The summed E-state index contributed by atoms with van der Waals surface area (Å²) in [6.07, 6.45) is 1.25. The van der Waals surface area contributed by atoms with Gasteiger partial charge in [0.1, 0.15) is 5.75 Å². The zero-order valence-electron chi connectivity index (χ0n) is 18.7. The van der Waals surface area contributed by atoms with E-state index in [0.717, 1.165) is 22.3 Å². The van der Waals surface area contributed by atoms with Gasteiger partial charge in [0.15, 0.2) is 0 Å². The van der Waals surface area contributed by atoms with Crippen molar-refractivity contribution in [1.82, 2.24) is 0 Å². The lowest BCUT2D eigenvalue weighted by molar-refractivity contribution is 0.312. The van der Waals surface area contributed by atoms with E-state index in [1.807, 2.05) is 19.1 Å². The lowest BCUT2D eigenvalue weighted by atomic mass is 9.78. The van der Waals surface area contributed by atoms with Crippen LogP contribution in [0.5, 0.6) is 5.75 Å². The first kappa shape index (κ1) is 23.4. The maximum absolute atomic E-state index is 12.3. The number of rotatable bonds is 6. The molecule has 1 N–H and O–H groups in total. The Morgan fingerprint density at radius 3 is 1.83 bits per heavy atom. The van der Waals surface area contributed by atoms with Crippen LogP contribution in [0.15, 0.2) is 41.3 Å². The minimum Gasteiger partial charge on any atom is -0.507 e. The van der Waals surface area contributed by atoms with Crippen molar-refractivity contribution in [2.45, 2.75) is 77.0 Å². The third-order valence-corrected chi connectivity index (χ3v) is 6.27. The average molecular weight is 419 g/mol. The fourth-order valence-corrected chi connectivity index (χ4v) is 4.14. The summed E-state index contributed by atoms with van der Waals surface area (Å²) < 4.78 is 29.8. The second kappa shape index (κ2) is 8.49. The number of phenols is 1. The Kier molecular flexibility index (Phi) is 6.86. The van der Waals surface area contributed by atoms with Crippen LogP contribution in [0.4, 0.5) is 0 Å². The molecule has 0 radical (unpaired) electrons. The molecule has 160 valence electrons. The van der Waals surface area contributed by atoms with Crippen molar-refractivity contribution in [2.24, 2.45) is 0 Å². The smallest absolute Gasteiger partial charge is 0.296 e. The SMILES string of the molecule is Cc1ccc(S(=O)(=O)OCCCc2cc(C(C)(C)C)c(O)c(C(C)(C)C)c2)cc1. The molecule has 0 bridgehead atoms. The van der Waals surface area contributed by atoms with Crippen LogP contribution < -0.4 is 0 Å². The number of benzene rings is 2. The first-order valence-electron chi connectivity index (χ1n) is 10.0. The summed E-state index contributed by atoms with van der Waals surface area (Å²) in [5, 5.41) is 10.8. The fourth-order valence-electron chi connectivity index (χ4n) is 3.20. The molecule has 0 saturated carbocycles. The lowest BCUT2D eigenvalue weighted by Gasteiger charge is -2.28. The second-order valence-electron chi connectivity index (χ2n) is 9.73. The molecule has 2 aromatic carbocycles. The van der Waals surface area contributed by atoms with Crippen molar-refractivity contribution in [1.29, 1.82) is 0 Å². The molecule has 0 saturated heterocycles. The molecule has 0 aliphatic carbocycles. The molecule has 2 aromatic rings. The molecule has 0 atom stereocenters. The molecule has 0 aliphatic rings. The maximum atomic E-state index is 12.3. The molecular weight excluding hydrogens is 384 g/mol. The summed E-state index contributed by atoms with van der Waals surface area (Å²) in [4.78, 5) is 0.178. The third kappa shape index (κ3) is 6.06. The molecule has 29 heavy (non-hydrogen) atoms. The summed E-state index contributed by atoms with van der Waals surface area (Å²) in [5.41, 5.74) is 3.52. The van der Waals surface area contributed by atoms with Crippen LogP contribution in [0.2, 0.25) is 0 Å². The largest absolute Gasteiger partial charge is 0.507 e. The molecule has 5 heteroatoms. The van der Waals surface area contributed by atoms with Crippen molar-refractivity contribution in [3.63, 3.8) is 0 Å². The van der Waals surface area contributed by atoms with Crippen molar-refractivity contribution >= 4 is 10.1 Å². The predicted molar refractivity (Wildman–Crippen MR) is 118 cm³/mol. The van der Waals surface area contributed by atoms with E-state index in [4.69, 9.17) is 4.18 Å². The minimum absolute atomic E-state index is 0.118. The summed E-state index contributed by atoms with van der Waals surface area (Å²) in [5.74, 6) is 0.354. The van der Waals surface area contributed by atoms with Crippen LogP contribution in [0.1, 0.15) is 70.2 Å². The van der Waals surface area contributed by atoms with E-state index in [1.54, 1.807) is 24.3 Å². The van der Waals surface area contributed by atoms with Crippen LogP contribution in [-0.4, -0.2) is 20.1 Å². The predicted octanol–water partition coefficient (Wildman–Crippen LogP) is 5.63. The highest BCUT2D eigenvalue weighted by molar-refractivity contribution is 7.86. The molecule has 0 unspecified atom stereocenters. The van der Waals surface area contributed by atoms with Gasteiger partial charge in [0.2, 0.25) is 0 Å². The monoisotopic (exact) mass is 418 g/mol. The number of hydrogen-bond donors (Lipinski definition) is 1. The van der Waals surface area contributed by atoms with Gasteiger partial charge < -0.3 is 5.11 Å². The molecular formula is C24H34O4S. The topological polar surface area (TPSA) is 63.6 Å². The van der Waals surface area contributed by atoms with E-state index in [0.29, 0.717) is 18.6 Å². The first-order valence-corrected chi connectivity index (χ1v) is 11.5. The average Bonchev–Trinajstić information content (AvgIpc) is 2.58. The number of aryl methyl sites for hydroxylation is 2. The van der Waals surface area contributed by atoms with Gasteiger partial charge in [-0.25, -0.2) is 0 Å². The lowest BCUT2D eigenvalue weighted by Crippen LogP contribution is -2.18. The van der Waals surface area contributed by atoms with Gasteiger partial charge >= 0.3 is 0 Å². The van der Waals surface area contributed by atoms with E-state index >= 15 is 0 Å². The zero-order chi connectivity index (χ0) is 22.0. The normalized spacial score (nSPS) is 12.9. The first-order chi connectivity index (χ1) is 13.2. The number of aromatic hydroxyl groups is 1. The van der Waals surface area contributed by atoms with Crippen LogP contribution in [-0.2, 0) is 31.6 Å². The molecule has 0 amide bonds. The highest BCUT2D eigenvalue weighted by Gasteiger charge is 2.26. The van der Waals surface area contributed by atoms with Crippen molar-refractivity contribution in [3.05, 3.63) is 58.7 Å². The summed E-state index contributed by atoms with van der Waals surface area (Å²) in [6, 6.07) is 10.7. The molecule has 0 aromatic heterocycles. The van der Waals surface area contributed by atoms with Gasteiger partial charge in [-0.3, -0.25) is 4.18 Å². The Bertz CT molecular complexity index is 909. The highest BCUT2D eigenvalue weighted by Crippen LogP contribution is 2.40. The van der Waals surface area contributed by atoms with Crippen LogP contribution in [0, 0.1) is 6.92 Å². The second-order valence-corrected chi connectivity index (χ2v) is 11.3. The molecule has 0 fully saturated rings. The van der Waals surface area contributed by atoms with Gasteiger partial charge in [0.05, 0.1) is 11.5 Å². The third-order valence-electron chi connectivity index (χ3n) is 4.94. The van der Waals surface area contributed by atoms with Crippen LogP contribution in [0.3, 0.4) is 0 Å². The van der Waals surface area contributed by atoms with E-state index in [9.17, 15) is 13.5 Å². The molecule has 0 heterocycles. The Morgan fingerprint density at radius 2 is 1.38 bits per heavy atom.